The van der Waals surface area contributed by atoms with Crippen LogP contribution in [0.3, 0.4) is 0 Å². The van der Waals surface area contributed by atoms with Crippen LogP contribution in [0.1, 0.15) is 48.9 Å². The second-order valence-electron chi connectivity index (χ2n) is 4.84. The van der Waals surface area contributed by atoms with Crippen molar-refractivity contribution in [3.05, 3.63) is 35.9 Å². The zero-order valence-electron chi connectivity index (χ0n) is 11.8. The normalized spacial score (nSPS) is 10.2. The number of carbonyl (C=O) groups excluding carboxylic acids is 2. The number of hydrogen-bond acceptors (Lipinski definition) is 3. The van der Waals surface area contributed by atoms with E-state index in [0.29, 0.717) is 24.3 Å². The van der Waals surface area contributed by atoms with Gasteiger partial charge in [-0.25, -0.2) is 0 Å². The topological polar surface area (TPSA) is 46.2 Å². The van der Waals surface area contributed by atoms with Gasteiger partial charge in [0.15, 0.2) is 0 Å². The predicted octanol–water partition coefficient (Wildman–Crippen LogP) is 3.26. The molecule has 0 saturated heterocycles. The van der Waals surface area contributed by atoms with Gasteiger partial charge in [-0.3, -0.25) is 9.59 Å². The molecule has 0 spiro atoms. The smallest absolute Gasteiger partial charge is 0.251 e. The Kier molecular flexibility index (Phi) is 8.79. The third-order valence-corrected chi connectivity index (χ3v) is 3.48. The molecular weight excluding hydrogens is 270 g/mol. The lowest BCUT2D eigenvalue weighted by Gasteiger charge is -2.05. The monoisotopic (exact) mass is 293 g/mol. The molecule has 3 nitrogen and oxygen atoms in total. The van der Waals surface area contributed by atoms with Crippen LogP contribution < -0.4 is 5.32 Å². The molecule has 0 atom stereocenters. The van der Waals surface area contributed by atoms with Crippen LogP contribution in [0.5, 0.6) is 0 Å². The summed E-state index contributed by atoms with van der Waals surface area (Å²) in [4.78, 5) is 22.8. The molecule has 1 amide bonds. The standard InChI is InChI=1S/C16H23NO2S/c18-15(13-20)11-7-2-1-3-8-12-17-16(19)14-9-5-4-6-10-14/h4-6,9-10,20H,1-3,7-8,11-13H2,(H,17,19). The number of rotatable bonds is 10. The number of unbranched alkanes of at least 4 members (excludes halogenated alkanes) is 4. The average molecular weight is 293 g/mol. The van der Waals surface area contributed by atoms with E-state index in [1.54, 1.807) is 0 Å². The summed E-state index contributed by atoms with van der Waals surface area (Å²) in [5, 5.41) is 2.91. The molecule has 0 aromatic heterocycles. The Morgan fingerprint density at radius 3 is 2.30 bits per heavy atom. The predicted molar refractivity (Wildman–Crippen MR) is 85.3 cm³/mol. The third-order valence-electron chi connectivity index (χ3n) is 3.13. The lowest BCUT2D eigenvalue weighted by molar-refractivity contribution is -0.116. The summed E-state index contributed by atoms with van der Waals surface area (Å²) in [5.74, 6) is 0.569. The Bertz CT molecular complexity index is 406. The molecule has 0 radical (unpaired) electrons. The van der Waals surface area contributed by atoms with Crippen molar-refractivity contribution in [1.82, 2.24) is 5.32 Å². The molecule has 0 aliphatic rings. The molecule has 0 unspecified atom stereocenters. The maximum absolute atomic E-state index is 11.7. The van der Waals surface area contributed by atoms with E-state index in [4.69, 9.17) is 0 Å². The van der Waals surface area contributed by atoms with Crippen LogP contribution in [0.2, 0.25) is 0 Å². The molecule has 0 bridgehead atoms. The van der Waals surface area contributed by atoms with Crippen LogP contribution in [-0.4, -0.2) is 24.0 Å². The maximum Gasteiger partial charge on any atom is 0.251 e. The fraction of sp³-hybridized carbons (Fsp3) is 0.500. The summed E-state index contributed by atoms with van der Waals surface area (Å²) in [6, 6.07) is 9.25. The van der Waals surface area contributed by atoms with Gasteiger partial charge in [0, 0.05) is 24.3 Å². The van der Waals surface area contributed by atoms with Crippen molar-refractivity contribution < 1.29 is 9.59 Å². The molecule has 4 heteroatoms. The fourth-order valence-electron chi connectivity index (χ4n) is 1.95. The fourth-order valence-corrected chi connectivity index (χ4v) is 2.11. The third kappa shape index (κ3) is 7.34. The van der Waals surface area contributed by atoms with Gasteiger partial charge in [-0.2, -0.15) is 12.6 Å². The van der Waals surface area contributed by atoms with Gasteiger partial charge in [0.2, 0.25) is 0 Å². The van der Waals surface area contributed by atoms with Gasteiger partial charge < -0.3 is 5.32 Å². The highest BCUT2D eigenvalue weighted by molar-refractivity contribution is 7.81. The maximum atomic E-state index is 11.7. The van der Waals surface area contributed by atoms with Crippen LogP contribution >= 0.6 is 12.6 Å². The van der Waals surface area contributed by atoms with E-state index in [0.717, 1.165) is 32.1 Å². The molecule has 0 fully saturated rings. The Balaban J connectivity index is 1.97. The van der Waals surface area contributed by atoms with Crippen molar-refractivity contribution in [2.45, 2.75) is 38.5 Å². The van der Waals surface area contributed by atoms with E-state index in [-0.39, 0.29) is 11.7 Å². The van der Waals surface area contributed by atoms with E-state index in [1.807, 2.05) is 30.3 Å². The van der Waals surface area contributed by atoms with Gasteiger partial charge >= 0.3 is 0 Å². The minimum Gasteiger partial charge on any atom is -0.352 e. The van der Waals surface area contributed by atoms with Gasteiger partial charge in [-0.05, 0) is 25.0 Å². The molecule has 0 heterocycles. The molecule has 20 heavy (non-hydrogen) atoms. The van der Waals surface area contributed by atoms with Gasteiger partial charge in [-0.15, -0.1) is 0 Å². The van der Waals surface area contributed by atoms with Crippen molar-refractivity contribution in [3.8, 4) is 0 Å². The van der Waals surface area contributed by atoms with Gasteiger partial charge in [0.05, 0.1) is 0 Å². The molecule has 1 aromatic rings. The van der Waals surface area contributed by atoms with E-state index in [1.165, 1.54) is 0 Å². The van der Waals surface area contributed by atoms with Crippen molar-refractivity contribution in [3.63, 3.8) is 0 Å². The molecule has 1 N–H and O–H groups in total. The number of thiol groups is 1. The van der Waals surface area contributed by atoms with Crippen molar-refractivity contribution in [2.24, 2.45) is 0 Å². The second kappa shape index (κ2) is 10.5. The number of ketones is 1. The number of carbonyl (C=O) groups is 2. The highest BCUT2D eigenvalue weighted by Gasteiger charge is 2.02. The van der Waals surface area contributed by atoms with Gasteiger partial charge in [0.1, 0.15) is 5.78 Å². The molecule has 1 rings (SSSR count). The Hall–Kier alpha value is -1.29. The number of hydrogen-bond donors (Lipinski definition) is 2. The molecule has 0 saturated carbocycles. The zero-order chi connectivity index (χ0) is 14.6. The Morgan fingerprint density at radius 2 is 1.60 bits per heavy atom. The van der Waals surface area contributed by atoms with Gasteiger partial charge in [-0.1, -0.05) is 37.5 Å². The van der Waals surface area contributed by atoms with Crippen LogP contribution in [-0.2, 0) is 4.79 Å². The van der Waals surface area contributed by atoms with Crippen LogP contribution in [0, 0.1) is 0 Å². The first-order valence-corrected chi connectivity index (χ1v) is 7.83. The lowest BCUT2D eigenvalue weighted by Crippen LogP contribution is -2.24. The van der Waals surface area contributed by atoms with Crippen LogP contribution in [0.25, 0.3) is 0 Å². The van der Waals surface area contributed by atoms with Crippen LogP contribution in [0.4, 0.5) is 0 Å². The van der Waals surface area contributed by atoms with E-state index < -0.39 is 0 Å². The second-order valence-corrected chi connectivity index (χ2v) is 5.15. The summed E-state index contributed by atoms with van der Waals surface area (Å²) in [6.45, 7) is 0.712. The highest BCUT2D eigenvalue weighted by Crippen LogP contribution is 2.06. The summed E-state index contributed by atoms with van der Waals surface area (Å²) in [6.07, 6.45) is 5.86. The van der Waals surface area contributed by atoms with Gasteiger partial charge in [0.25, 0.3) is 5.91 Å². The largest absolute Gasteiger partial charge is 0.352 e. The average Bonchev–Trinajstić information content (AvgIpc) is 2.50. The summed E-state index contributed by atoms with van der Waals surface area (Å²) in [7, 11) is 0. The first-order chi connectivity index (χ1) is 9.74. The van der Waals surface area contributed by atoms with E-state index >= 15 is 0 Å². The van der Waals surface area contributed by atoms with E-state index in [9.17, 15) is 9.59 Å². The SMILES string of the molecule is O=C(CS)CCCCCCCNC(=O)c1ccccc1. The molecule has 0 aliphatic heterocycles. The summed E-state index contributed by atoms with van der Waals surface area (Å²) in [5.41, 5.74) is 0.706. The number of amides is 1. The van der Waals surface area contributed by atoms with Crippen molar-refractivity contribution in [2.75, 3.05) is 12.3 Å². The summed E-state index contributed by atoms with van der Waals surface area (Å²) >= 11 is 3.95. The minimum atomic E-state index is -0.00928. The lowest BCUT2D eigenvalue weighted by atomic mass is 10.1. The zero-order valence-corrected chi connectivity index (χ0v) is 12.7. The highest BCUT2D eigenvalue weighted by atomic mass is 32.1. The van der Waals surface area contributed by atoms with E-state index in [2.05, 4.69) is 17.9 Å². The Labute approximate surface area is 126 Å². The van der Waals surface area contributed by atoms with Crippen molar-refractivity contribution >= 4 is 24.3 Å². The molecule has 0 aliphatic carbocycles. The first-order valence-electron chi connectivity index (χ1n) is 7.20. The number of nitrogens with one attached hydrogen (secondary N) is 1. The Morgan fingerprint density at radius 1 is 0.950 bits per heavy atom. The molecule has 1 aromatic carbocycles. The number of benzene rings is 1. The van der Waals surface area contributed by atoms with Crippen molar-refractivity contribution in [1.29, 1.82) is 0 Å². The number of Topliss-reactive ketones (excluding diaryl/α,β-unsaturated/α-hetero) is 1. The van der Waals surface area contributed by atoms with Crippen LogP contribution in [0.15, 0.2) is 30.3 Å². The molecular formula is C16H23NO2S. The minimum absolute atomic E-state index is 0.00928. The quantitative estimate of drug-likeness (QED) is 0.514. The summed E-state index contributed by atoms with van der Waals surface area (Å²) < 4.78 is 0. The molecule has 110 valence electrons. The first kappa shape index (κ1) is 16.8.